The van der Waals surface area contributed by atoms with Crippen LogP contribution in [0.5, 0.6) is 0 Å². The zero-order chi connectivity index (χ0) is 27.7. The molecule has 2 N–H and O–H groups in total. The maximum absolute atomic E-state index is 13.3. The van der Waals surface area contributed by atoms with E-state index in [2.05, 4.69) is 0 Å². The second-order valence-corrected chi connectivity index (χ2v) is 5.78. The fraction of sp³-hybridized carbons (Fsp3) is 0.818. The molecule has 0 aliphatic rings. The van der Waals surface area contributed by atoms with Crippen molar-refractivity contribution < 1.29 is 98.8 Å². The van der Waals surface area contributed by atoms with Crippen molar-refractivity contribution in [3.05, 3.63) is 0 Å². The summed E-state index contributed by atoms with van der Waals surface area (Å²) in [5.41, 5.74) is 0. The maximum Gasteiger partial charge on any atom is 0.410 e. The van der Waals surface area contributed by atoms with E-state index >= 15 is 0 Å². The van der Waals surface area contributed by atoms with E-state index in [0.29, 0.717) is 0 Å². The summed E-state index contributed by atoms with van der Waals surface area (Å²) in [6, 6.07) is 0. The normalized spacial score (nSPS) is 16.1. The van der Waals surface area contributed by atoms with Gasteiger partial charge in [-0.2, -0.15) is 79.0 Å². The lowest BCUT2D eigenvalue weighted by Crippen LogP contribution is -2.76. The Bertz CT molecular complexity index is 735. The molecular formula is C11H2F18O4. The van der Waals surface area contributed by atoms with E-state index in [1.165, 1.54) is 0 Å². The van der Waals surface area contributed by atoms with Crippen molar-refractivity contribution in [3.8, 4) is 0 Å². The van der Waals surface area contributed by atoms with E-state index in [0.717, 1.165) is 0 Å². The lowest BCUT2D eigenvalue weighted by Gasteiger charge is -2.43. The third-order valence-electron chi connectivity index (χ3n) is 3.69. The Morgan fingerprint density at radius 2 is 0.455 bits per heavy atom. The van der Waals surface area contributed by atoms with Crippen LogP contribution in [0.4, 0.5) is 79.0 Å². The minimum absolute atomic E-state index is 4.49. The molecule has 0 saturated heterocycles. The van der Waals surface area contributed by atoms with Gasteiger partial charge < -0.3 is 10.2 Å². The highest BCUT2D eigenvalue weighted by Crippen LogP contribution is 2.65. The highest BCUT2D eigenvalue weighted by molar-refractivity contribution is 5.77. The number of hydrogen-bond donors (Lipinski definition) is 2. The molecule has 0 amide bonds. The smallest absolute Gasteiger partial charge is 0.410 e. The van der Waals surface area contributed by atoms with E-state index in [9.17, 15) is 88.6 Å². The molecule has 0 saturated carbocycles. The molecule has 0 aliphatic carbocycles. The molecule has 4 nitrogen and oxygen atoms in total. The maximum atomic E-state index is 13.3. The van der Waals surface area contributed by atoms with Crippen molar-refractivity contribution >= 4 is 11.9 Å². The molecule has 0 radical (unpaired) electrons. The first-order valence-electron chi connectivity index (χ1n) is 6.76. The molecule has 0 aliphatic heterocycles. The van der Waals surface area contributed by atoms with Crippen LogP contribution in [-0.4, -0.2) is 75.5 Å². The molecule has 33 heavy (non-hydrogen) atoms. The second-order valence-electron chi connectivity index (χ2n) is 5.78. The lowest BCUT2D eigenvalue weighted by molar-refractivity contribution is -0.458. The zero-order valence-electron chi connectivity index (χ0n) is 14.0. The van der Waals surface area contributed by atoms with Crippen LogP contribution in [0.25, 0.3) is 0 Å². The van der Waals surface area contributed by atoms with Gasteiger partial charge in [-0.3, -0.25) is 0 Å². The minimum atomic E-state index is -9.09. The van der Waals surface area contributed by atoms with Crippen molar-refractivity contribution in [2.24, 2.45) is 0 Å². The number of rotatable bonds is 10. The van der Waals surface area contributed by atoms with Crippen molar-refractivity contribution in [2.75, 3.05) is 0 Å². The largest absolute Gasteiger partial charge is 0.477 e. The standard InChI is InChI=1S/C11H2F18O4/c12-3(13,1(30)31)5(16,17)7(20,21)9(24,25)11(28,29)10(26,27)8(22,23)6(18,19)4(14,15)2(32)33/h(H,30,31)(H,32,33). The van der Waals surface area contributed by atoms with Gasteiger partial charge in [0.1, 0.15) is 0 Å². The Morgan fingerprint density at radius 3 is 0.576 bits per heavy atom. The zero-order valence-corrected chi connectivity index (χ0v) is 14.0. The van der Waals surface area contributed by atoms with Crippen LogP contribution in [0.3, 0.4) is 0 Å². The molecule has 0 heterocycles. The van der Waals surface area contributed by atoms with Crippen molar-refractivity contribution in [1.82, 2.24) is 0 Å². The fourth-order valence-corrected chi connectivity index (χ4v) is 1.65. The fourth-order valence-electron chi connectivity index (χ4n) is 1.65. The lowest BCUT2D eigenvalue weighted by atomic mass is 9.86. The average molecular weight is 540 g/mol. The first-order valence-corrected chi connectivity index (χ1v) is 6.76. The van der Waals surface area contributed by atoms with Gasteiger partial charge in [-0.1, -0.05) is 0 Å². The van der Waals surface area contributed by atoms with E-state index in [-0.39, 0.29) is 0 Å². The topological polar surface area (TPSA) is 74.6 Å². The third-order valence-corrected chi connectivity index (χ3v) is 3.69. The highest BCUT2D eigenvalue weighted by Gasteiger charge is 2.97. The molecule has 196 valence electrons. The first-order chi connectivity index (χ1) is 13.9. The Morgan fingerprint density at radius 1 is 0.333 bits per heavy atom. The number of carboxylic acids is 2. The van der Waals surface area contributed by atoms with Crippen LogP contribution in [0, 0.1) is 0 Å². The summed E-state index contributed by atoms with van der Waals surface area (Å²) in [5, 5.41) is 15.3. The van der Waals surface area contributed by atoms with Crippen LogP contribution in [0.15, 0.2) is 0 Å². The molecule has 0 atom stereocenters. The van der Waals surface area contributed by atoms with Crippen LogP contribution in [0.2, 0.25) is 0 Å². The number of aliphatic carboxylic acids is 2. The van der Waals surface area contributed by atoms with E-state index in [1.807, 2.05) is 0 Å². The summed E-state index contributed by atoms with van der Waals surface area (Å²) >= 11 is 0. The third kappa shape index (κ3) is 3.41. The molecule has 0 unspecified atom stereocenters. The van der Waals surface area contributed by atoms with Gasteiger partial charge in [0, 0.05) is 0 Å². The highest BCUT2D eigenvalue weighted by atomic mass is 19.4. The summed E-state index contributed by atoms with van der Waals surface area (Å²) in [6.07, 6.45) is 0. The molecular weight excluding hydrogens is 538 g/mol. The number of hydrogen-bond acceptors (Lipinski definition) is 2. The van der Waals surface area contributed by atoms with Crippen LogP contribution >= 0.6 is 0 Å². The number of alkyl halides is 18. The van der Waals surface area contributed by atoms with Gasteiger partial charge in [-0.25, -0.2) is 9.59 Å². The predicted molar refractivity (Wildman–Crippen MR) is 59.8 cm³/mol. The predicted octanol–water partition coefficient (Wildman–Crippen LogP) is 4.87. The van der Waals surface area contributed by atoms with Gasteiger partial charge in [-0.05, 0) is 0 Å². The summed E-state index contributed by atoms with van der Waals surface area (Å²) in [5.74, 6) is -85.5. The van der Waals surface area contributed by atoms with Gasteiger partial charge in [0.25, 0.3) is 0 Å². The van der Waals surface area contributed by atoms with E-state index in [1.54, 1.807) is 0 Å². The van der Waals surface area contributed by atoms with Crippen molar-refractivity contribution in [2.45, 2.75) is 53.3 Å². The number of halogens is 18. The summed E-state index contributed by atoms with van der Waals surface area (Å²) in [7, 11) is 0. The average Bonchev–Trinajstić information content (AvgIpc) is 2.59. The van der Waals surface area contributed by atoms with Gasteiger partial charge in [0.05, 0.1) is 0 Å². The Labute approximate surface area is 165 Å². The second kappa shape index (κ2) is 7.34. The Kier molecular flexibility index (Phi) is 6.82. The van der Waals surface area contributed by atoms with Gasteiger partial charge in [-0.15, -0.1) is 0 Å². The molecule has 0 aromatic carbocycles. The molecule has 22 heteroatoms. The van der Waals surface area contributed by atoms with Crippen molar-refractivity contribution in [1.29, 1.82) is 0 Å². The molecule has 0 rings (SSSR count). The van der Waals surface area contributed by atoms with E-state index < -0.39 is 65.2 Å². The SMILES string of the molecule is O=C(O)C(F)(F)C(F)(F)C(F)(F)C(F)(F)C(F)(F)C(F)(F)C(F)(F)C(F)(F)C(F)(F)C(=O)O. The molecule has 0 spiro atoms. The summed E-state index contributed by atoms with van der Waals surface area (Å²) < 4.78 is 235. The minimum Gasteiger partial charge on any atom is -0.477 e. The quantitative estimate of drug-likeness (QED) is 0.388. The number of carboxylic acid groups (broad SMARTS) is 2. The Hall–Kier alpha value is -2.32. The summed E-state index contributed by atoms with van der Waals surface area (Å²) in [6.45, 7) is 0. The van der Waals surface area contributed by atoms with Crippen LogP contribution in [-0.2, 0) is 9.59 Å². The van der Waals surface area contributed by atoms with E-state index in [4.69, 9.17) is 10.2 Å². The van der Waals surface area contributed by atoms with Crippen LogP contribution in [0.1, 0.15) is 0 Å². The van der Waals surface area contributed by atoms with Crippen LogP contribution < -0.4 is 0 Å². The monoisotopic (exact) mass is 540 g/mol. The summed E-state index contributed by atoms with van der Waals surface area (Å²) in [4.78, 5) is 19.7. The van der Waals surface area contributed by atoms with Gasteiger partial charge in [0.2, 0.25) is 0 Å². The molecule has 0 aromatic heterocycles. The molecule has 0 fully saturated rings. The molecule has 0 bridgehead atoms. The van der Waals surface area contributed by atoms with Gasteiger partial charge >= 0.3 is 65.2 Å². The van der Waals surface area contributed by atoms with Gasteiger partial charge in [0.15, 0.2) is 0 Å². The Balaban J connectivity index is 7.06. The molecule has 0 aromatic rings. The van der Waals surface area contributed by atoms with Crippen molar-refractivity contribution in [3.63, 3.8) is 0 Å². The number of carbonyl (C=O) groups is 2. The first kappa shape index (κ1) is 30.7.